The van der Waals surface area contributed by atoms with Crippen LogP contribution in [0.3, 0.4) is 0 Å². The zero-order valence-electron chi connectivity index (χ0n) is 14.3. The van der Waals surface area contributed by atoms with Crippen molar-refractivity contribution in [2.24, 2.45) is 5.73 Å². The largest absolute Gasteiger partial charge is 0.416 e. The summed E-state index contributed by atoms with van der Waals surface area (Å²) in [6, 6.07) is 9.90. The first-order chi connectivity index (χ1) is 12.8. The number of rotatable bonds is 3. The Morgan fingerprint density at radius 3 is 2.44 bits per heavy atom. The van der Waals surface area contributed by atoms with Gasteiger partial charge in [0.1, 0.15) is 0 Å². The lowest BCUT2D eigenvalue weighted by Gasteiger charge is -2.30. The number of hydrogen-bond donors (Lipinski definition) is 2. The number of urea groups is 1. The zero-order valence-corrected chi connectivity index (χ0v) is 14.3. The Morgan fingerprint density at radius 2 is 1.81 bits per heavy atom. The Hall–Kier alpha value is -3.03. The predicted octanol–water partition coefficient (Wildman–Crippen LogP) is 2.93. The Balaban J connectivity index is 1.81. The first-order valence-corrected chi connectivity index (χ1v) is 8.35. The van der Waals surface area contributed by atoms with Crippen LogP contribution in [0.25, 0.3) is 11.1 Å². The molecule has 0 bridgehead atoms. The van der Waals surface area contributed by atoms with Crippen molar-refractivity contribution in [2.45, 2.75) is 19.1 Å². The smallest absolute Gasteiger partial charge is 0.352 e. The SMILES string of the molecule is NC(=O)NCC(=O)N1CCc2c(cccc2-c2ccc(C(F)(F)F)cc2)C1. The summed E-state index contributed by atoms with van der Waals surface area (Å²) >= 11 is 0. The second-order valence-electron chi connectivity index (χ2n) is 6.30. The molecule has 8 heteroatoms. The van der Waals surface area contributed by atoms with Gasteiger partial charge in [-0.3, -0.25) is 4.79 Å². The molecule has 3 amide bonds. The second-order valence-corrected chi connectivity index (χ2v) is 6.30. The fourth-order valence-electron chi connectivity index (χ4n) is 3.21. The third kappa shape index (κ3) is 4.21. The number of primary amides is 1. The highest BCUT2D eigenvalue weighted by Crippen LogP contribution is 2.34. The summed E-state index contributed by atoms with van der Waals surface area (Å²) in [5, 5.41) is 2.28. The predicted molar refractivity (Wildman–Crippen MR) is 93.6 cm³/mol. The number of nitrogens with two attached hydrogens (primary N) is 1. The number of hydrogen-bond acceptors (Lipinski definition) is 2. The van der Waals surface area contributed by atoms with Crippen molar-refractivity contribution in [1.29, 1.82) is 0 Å². The lowest BCUT2D eigenvalue weighted by molar-refractivity contribution is -0.137. The van der Waals surface area contributed by atoms with Crippen LogP contribution in [0, 0.1) is 0 Å². The fraction of sp³-hybridized carbons (Fsp3) is 0.263. The van der Waals surface area contributed by atoms with Crippen LogP contribution in [-0.4, -0.2) is 29.9 Å². The van der Waals surface area contributed by atoms with E-state index in [9.17, 15) is 22.8 Å². The van der Waals surface area contributed by atoms with Crippen LogP contribution in [0.2, 0.25) is 0 Å². The summed E-state index contributed by atoms with van der Waals surface area (Å²) in [4.78, 5) is 24.5. The van der Waals surface area contributed by atoms with Crippen molar-refractivity contribution in [3.63, 3.8) is 0 Å². The van der Waals surface area contributed by atoms with E-state index in [-0.39, 0.29) is 12.5 Å². The average Bonchev–Trinajstić information content (AvgIpc) is 2.64. The van der Waals surface area contributed by atoms with Crippen molar-refractivity contribution < 1.29 is 22.8 Å². The van der Waals surface area contributed by atoms with Crippen LogP contribution in [-0.2, 0) is 23.9 Å². The van der Waals surface area contributed by atoms with E-state index in [4.69, 9.17) is 5.73 Å². The topological polar surface area (TPSA) is 75.4 Å². The molecule has 0 atom stereocenters. The highest BCUT2D eigenvalue weighted by atomic mass is 19.4. The molecular formula is C19H18F3N3O2. The summed E-state index contributed by atoms with van der Waals surface area (Å²) < 4.78 is 38.3. The van der Waals surface area contributed by atoms with E-state index in [1.54, 1.807) is 4.90 Å². The van der Waals surface area contributed by atoms with Crippen LogP contribution >= 0.6 is 0 Å². The quantitative estimate of drug-likeness (QED) is 0.863. The molecule has 0 unspecified atom stereocenters. The summed E-state index contributed by atoms with van der Waals surface area (Å²) in [6.07, 6.45) is -3.79. The van der Waals surface area contributed by atoms with Gasteiger partial charge in [-0.1, -0.05) is 30.3 Å². The third-order valence-electron chi connectivity index (χ3n) is 4.56. The van der Waals surface area contributed by atoms with Crippen molar-refractivity contribution in [3.8, 4) is 11.1 Å². The van der Waals surface area contributed by atoms with Gasteiger partial charge in [-0.05, 0) is 40.8 Å². The minimum atomic E-state index is -4.37. The van der Waals surface area contributed by atoms with Gasteiger partial charge in [0.15, 0.2) is 0 Å². The first-order valence-electron chi connectivity index (χ1n) is 8.35. The molecule has 1 heterocycles. The van der Waals surface area contributed by atoms with Gasteiger partial charge < -0.3 is 16.0 Å². The molecule has 1 aliphatic heterocycles. The third-order valence-corrected chi connectivity index (χ3v) is 4.56. The lowest BCUT2D eigenvalue weighted by Crippen LogP contribution is -2.43. The number of nitrogens with zero attached hydrogens (tertiary/aromatic N) is 1. The maximum Gasteiger partial charge on any atom is 0.416 e. The summed E-state index contributed by atoms with van der Waals surface area (Å²) in [5.41, 5.74) is 7.81. The summed E-state index contributed by atoms with van der Waals surface area (Å²) in [5.74, 6) is -0.237. The van der Waals surface area contributed by atoms with Gasteiger partial charge in [-0.2, -0.15) is 13.2 Å². The van der Waals surface area contributed by atoms with Crippen molar-refractivity contribution in [2.75, 3.05) is 13.1 Å². The number of benzene rings is 2. The highest BCUT2D eigenvalue weighted by molar-refractivity contribution is 5.83. The maximum absolute atomic E-state index is 12.8. The zero-order chi connectivity index (χ0) is 19.6. The summed E-state index contributed by atoms with van der Waals surface area (Å²) in [7, 11) is 0. The molecule has 2 aromatic rings. The van der Waals surface area contributed by atoms with E-state index in [0.717, 1.165) is 28.8 Å². The Morgan fingerprint density at radius 1 is 1.11 bits per heavy atom. The molecule has 142 valence electrons. The Labute approximate surface area is 154 Å². The van der Waals surface area contributed by atoms with Crippen molar-refractivity contribution in [1.82, 2.24) is 10.2 Å². The molecule has 3 rings (SSSR count). The highest BCUT2D eigenvalue weighted by Gasteiger charge is 2.30. The molecule has 5 nitrogen and oxygen atoms in total. The van der Waals surface area contributed by atoms with E-state index in [1.165, 1.54) is 12.1 Å². The van der Waals surface area contributed by atoms with Crippen molar-refractivity contribution >= 4 is 11.9 Å². The van der Waals surface area contributed by atoms with Crippen LogP contribution < -0.4 is 11.1 Å². The number of fused-ring (bicyclic) bond motifs is 1. The van der Waals surface area contributed by atoms with Crippen LogP contribution in [0.15, 0.2) is 42.5 Å². The van der Waals surface area contributed by atoms with Gasteiger partial charge in [0.2, 0.25) is 5.91 Å². The van der Waals surface area contributed by atoms with Gasteiger partial charge in [0.25, 0.3) is 0 Å². The normalized spacial score (nSPS) is 13.8. The van der Waals surface area contributed by atoms with Gasteiger partial charge in [-0.15, -0.1) is 0 Å². The number of amides is 3. The number of carbonyl (C=O) groups is 2. The molecule has 3 N–H and O–H groups in total. The molecule has 0 saturated carbocycles. The van der Waals surface area contributed by atoms with E-state index >= 15 is 0 Å². The molecule has 0 aliphatic carbocycles. The van der Waals surface area contributed by atoms with E-state index in [2.05, 4.69) is 5.32 Å². The average molecular weight is 377 g/mol. The molecule has 0 saturated heterocycles. The summed E-state index contributed by atoms with van der Waals surface area (Å²) in [6.45, 7) is 0.677. The van der Waals surface area contributed by atoms with Gasteiger partial charge in [-0.25, -0.2) is 4.79 Å². The van der Waals surface area contributed by atoms with Crippen LogP contribution in [0.4, 0.5) is 18.0 Å². The Kier molecular flexibility index (Phi) is 5.07. The molecule has 0 fully saturated rings. The molecular weight excluding hydrogens is 359 g/mol. The minimum absolute atomic E-state index is 0.163. The van der Waals surface area contributed by atoms with Crippen LogP contribution in [0.5, 0.6) is 0 Å². The number of halogens is 3. The number of alkyl halides is 3. The first kappa shape index (κ1) is 18.8. The molecule has 0 aromatic heterocycles. The molecule has 0 spiro atoms. The van der Waals surface area contributed by atoms with E-state index < -0.39 is 17.8 Å². The number of nitrogens with one attached hydrogen (secondary N) is 1. The molecule has 2 aromatic carbocycles. The van der Waals surface area contributed by atoms with E-state index in [1.807, 2.05) is 18.2 Å². The lowest BCUT2D eigenvalue weighted by atomic mass is 9.90. The fourth-order valence-corrected chi connectivity index (χ4v) is 3.21. The van der Waals surface area contributed by atoms with Gasteiger partial charge in [0.05, 0.1) is 12.1 Å². The standard InChI is InChI=1S/C19H18F3N3O2/c20-19(21,22)14-6-4-12(5-7-14)15-3-1-2-13-11-25(9-8-16(13)15)17(26)10-24-18(23)27/h1-7H,8-11H2,(H3,23,24,27). The Bertz CT molecular complexity index is 863. The number of carbonyl (C=O) groups excluding carboxylic acids is 2. The minimum Gasteiger partial charge on any atom is -0.352 e. The molecule has 0 radical (unpaired) electrons. The second kappa shape index (κ2) is 7.30. The van der Waals surface area contributed by atoms with Gasteiger partial charge >= 0.3 is 12.2 Å². The maximum atomic E-state index is 12.8. The van der Waals surface area contributed by atoms with E-state index in [0.29, 0.717) is 25.1 Å². The monoisotopic (exact) mass is 377 g/mol. The molecule has 1 aliphatic rings. The van der Waals surface area contributed by atoms with Crippen LogP contribution in [0.1, 0.15) is 16.7 Å². The van der Waals surface area contributed by atoms with Crippen molar-refractivity contribution in [3.05, 3.63) is 59.2 Å². The van der Waals surface area contributed by atoms with Gasteiger partial charge in [0, 0.05) is 13.1 Å². The molecule has 27 heavy (non-hydrogen) atoms.